The second-order valence-corrected chi connectivity index (χ2v) is 4.02. The van der Waals surface area contributed by atoms with E-state index in [1.54, 1.807) is 22.6 Å². The van der Waals surface area contributed by atoms with Crippen LogP contribution in [0.5, 0.6) is 11.6 Å². The predicted octanol–water partition coefficient (Wildman–Crippen LogP) is 2.97. The predicted molar refractivity (Wildman–Crippen MR) is 60.4 cm³/mol. The summed E-state index contributed by atoms with van der Waals surface area (Å²) >= 11 is 6.77. The van der Waals surface area contributed by atoms with Gasteiger partial charge in [0.2, 0.25) is 5.88 Å². The van der Waals surface area contributed by atoms with Crippen LogP contribution in [0.4, 0.5) is 13.2 Å². The van der Waals surface area contributed by atoms with Crippen molar-refractivity contribution < 1.29 is 27.4 Å². The van der Waals surface area contributed by atoms with Crippen LogP contribution >= 0.6 is 34.2 Å². The first-order chi connectivity index (χ1) is 7.74. The fraction of sp³-hybridized carbons (Fsp3) is 0.250. The number of methoxy groups -OCH3 is 1. The van der Waals surface area contributed by atoms with E-state index in [2.05, 4.69) is 9.72 Å². The highest BCUT2D eigenvalue weighted by Gasteiger charge is 2.34. The molecule has 0 aromatic carbocycles. The zero-order chi connectivity index (χ0) is 13.2. The molecule has 0 fully saturated rings. The number of pyridine rings is 1. The second-order valence-electron chi connectivity index (χ2n) is 2.66. The number of hydrogen-bond donors (Lipinski definition) is 0. The van der Waals surface area contributed by atoms with Crippen molar-refractivity contribution in [3.63, 3.8) is 0 Å². The van der Waals surface area contributed by atoms with Gasteiger partial charge in [-0.05, 0) is 34.2 Å². The molecule has 1 aromatic rings. The summed E-state index contributed by atoms with van der Waals surface area (Å²) in [6.45, 7) is 0. The number of halogens is 5. The highest BCUT2D eigenvalue weighted by Crippen LogP contribution is 2.31. The van der Waals surface area contributed by atoms with Gasteiger partial charge in [-0.2, -0.15) is 0 Å². The summed E-state index contributed by atoms with van der Waals surface area (Å²) in [6.07, 6.45) is -4.95. The third-order valence-corrected chi connectivity index (χ3v) is 2.53. The maximum atomic E-state index is 12.0. The maximum absolute atomic E-state index is 12.0. The van der Waals surface area contributed by atoms with Crippen molar-refractivity contribution >= 4 is 39.4 Å². The van der Waals surface area contributed by atoms with E-state index in [1.807, 2.05) is 0 Å². The minimum Gasteiger partial charge on any atom is -0.494 e. The van der Waals surface area contributed by atoms with Gasteiger partial charge in [0, 0.05) is 6.07 Å². The van der Waals surface area contributed by atoms with Crippen LogP contribution in [0.25, 0.3) is 0 Å². The highest BCUT2D eigenvalue weighted by molar-refractivity contribution is 14.1. The molecule has 0 saturated carbocycles. The van der Waals surface area contributed by atoms with Crippen molar-refractivity contribution in [3.05, 3.63) is 15.3 Å². The molecule has 0 aliphatic rings. The van der Waals surface area contributed by atoms with Crippen molar-refractivity contribution in [2.75, 3.05) is 7.11 Å². The molecule has 0 radical (unpaired) electrons. The van der Waals surface area contributed by atoms with Gasteiger partial charge in [-0.3, -0.25) is 4.79 Å². The third kappa shape index (κ3) is 3.87. The summed E-state index contributed by atoms with van der Waals surface area (Å²) in [7, 11) is 1.28. The Morgan fingerprint density at radius 3 is 2.53 bits per heavy atom. The zero-order valence-corrected chi connectivity index (χ0v) is 11.1. The molecule has 9 heteroatoms. The Bertz CT molecular complexity index is 452. The smallest absolute Gasteiger partial charge is 0.494 e. The molecule has 4 nitrogen and oxygen atoms in total. The Hall–Kier alpha value is -0.770. The monoisotopic (exact) mass is 381 g/mol. The first-order valence-electron chi connectivity index (χ1n) is 3.94. The zero-order valence-electron chi connectivity index (χ0n) is 8.14. The van der Waals surface area contributed by atoms with E-state index in [0.29, 0.717) is 0 Å². The van der Waals surface area contributed by atoms with Gasteiger partial charge in [-0.15, -0.1) is 13.2 Å². The van der Waals surface area contributed by atoms with Crippen LogP contribution in [0.15, 0.2) is 6.07 Å². The number of carbonyl (C=O) groups is 1. The van der Waals surface area contributed by atoms with Gasteiger partial charge < -0.3 is 9.47 Å². The lowest BCUT2D eigenvalue weighted by atomic mass is 10.3. The molecule has 17 heavy (non-hydrogen) atoms. The van der Waals surface area contributed by atoms with Crippen LogP contribution in [0.1, 0.15) is 10.4 Å². The van der Waals surface area contributed by atoms with Crippen LogP contribution < -0.4 is 9.47 Å². The standard InChI is InChI=1S/C8H4ClF3INO3/c1-16-4-2-3(5(9)15)7(14-6(4)13)17-8(10,11)12/h2H,1H3. The summed E-state index contributed by atoms with van der Waals surface area (Å²) < 4.78 is 44.7. The van der Waals surface area contributed by atoms with Gasteiger partial charge in [0.15, 0.2) is 5.75 Å². The Balaban J connectivity index is 3.28. The first kappa shape index (κ1) is 14.3. The molecule has 0 bridgehead atoms. The molecule has 0 saturated heterocycles. The number of aromatic nitrogens is 1. The molecule has 0 spiro atoms. The largest absolute Gasteiger partial charge is 0.574 e. The van der Waals surface area contributed by atoms with Crippen LogP contribution in [-0.4, -0.2) is 23.7 Å². The molecule has 0 aliphatic heterocycles. The van der Waals surface area contributed by atoms with E-state index in [9.17, 15) is 18.0 Å². The minimum atomic E-state index is -4.95. The number of hydrogen-bond acceptors (Lipinski definition) is 4. The molecule has 0 unspecified atom stereocenters. The lowest BCUT2D eigenvalue weighted by molar-refractivity contribution is -0.276. The lowest BCUT2D eigenvalue weighted by Crippen LogP contribution is -2.20. The molecule has 1 rings (SSSR count). The van der Waals surface area contributed by atoms with Crippen molar-refractivity contribution in [1.29, 1.82) is 0 Å². The number of carbonyl (C=O) groups excluding carboxylic acids is 1. The molecule has 0 amide bonds. The fourth-order valence-corrected chi connectivity index (χ4v) is 1.66. The van der Waals surface area contributed by atoms with E-state index in [4.69, 9.17) is 16.3 Å². The van der Waals surface area contributed by atoms with Crippen molar-refractivity contribution in [2.45, 2.75) is 6.36 Å². The van der Waals surface area contributed by atoms with Gasteiger partial charge in [0.1, 0.15) is 9.26 Å². The molecule has 1 aromatic heterocycles. The number of rotatable bonds is 3. The van der Waals surface area contributed by atoms with Crippen LogP contribution in [0.3, 0.4) is 0 Å². The average molecular weight is 381 g/mol. The van der Waals surface area contributed by atoms with Crippen molar-refractivity contribution in [3.8, 4) is 11.6 Å². The molecule has 0 N–H and O–H groups in total. The Kier molecular flexibility index (Phi) is 4.42. The Morgan fingerprint density at radius 2 is 2.12 bits per heavy atom. The summed E-state index contributed by atoms with van der Waals surface area (Å²) in [5.74, 6) is -0.771. The second kappa shape index (κ2) is 5.25. The number of nitrogens with zero attached hydrogens (tertiary/aromatic N) is 1. The quantitative estimate of drug-likeness (QED) is 0.459. The first-order valence-corrected chi connectivity index (χ1v) is 5.40. The normalized spacial score (nSPS) is 11.2. The van der Waals surface area contributed by atoms with Gasteiger partial charge in [0.05, 0.1) is 7.11 Å². The van der Waals surface area contributed by atoms with E-state index in [1.165, 1.54) is 7.11 Å². The minimum absolute atomic E-state index is 0.117. The van der Waals surface area contributed by atoms with E-state index < -0.39 is 23.0 Å². The van der Waals surface area contributed by atoms with Gasteiger partial charge in [0.25, 0.3) is 5.24 Å². The average Bonchev–Trinajstić information content (AvgIpc) is 2.14. The van der Waals surface area contributed by atoms with Crippen LogP contribution in [-0.2, 0) is 0 Å². The summed E-state index contributed by atoms with van der Waals surface area (Å²) in [4.78, 5) is 14.4. The van der Waals surface area contributed by atoms with Crippen LogP contribution in [0.2, 0.25) is 0 Å². The van der Waals surface area contributed by atoms with Crippen LogP contribution in [0, 0.1) is 3.70 Å². The maximum Gasteiger partial charge on any atom is 0.574 e. The molecule has 0 atom stereocenters. The van der Waals surface area contributed by atoms with E-state index >= 15 is 0 Å². The number of ether oxygens (including phenoxy) is 2. The van der Waals surface area contributed by atoms with Crippen molar-refractivity contribution in [1.82, 2.24) is 4.98 Å². The summed E-state index contributed by atoms with van der Waals surface area (Å²) in [6, 6.07) is 1.03. The SMILES string of the molecule is COc1cc(C(=O)Cl)c(OC(F)(F)F)nc1I. The Morgan fingerprint density at radius 1 is 1.53 bits per heavy atom. The molecule has 94 valence electrons. The molecule has 0 aliphatic carbocycles. The topological polar surface area (TPSA) is 48.4 Å². The fourth-order valence-electron chi connectivity index (χ4n) is 0.928. The lowest BCUT2D eigenvalue weighted by Gasteiger charge is -2.12. The summed E-state index contributed by atoms with van der Waals surface area (Å²) in [5, 5.41) is -1.12. The highest BCUT2D eigenvalue weighted by atomic mass is 127. The summed E-state index contributed by atoms with van der Waals surface area (Å²) in [5.41, 5.74) is -0.513. The van der Waals surface area contributed by atoms with E-state index in [-0.39, 0.29) is 9.45 Å². The molecule has 1 heterocycles. The Labute approximate surface area is 112 Å². The van der Waals surface area contributed by atoms with Gasteiger partial charge in [-0.25, -0.2) is 4.98 Å². The van der Waals surface area contributed by atoms with Crippen molar-refractivity contribution in [2.24, 2.45) is 0 Å². The third-order valence-electron chi connectivity index (χ3n) is 1.55. The number of alkyl halides is 3. The molecular formula is C8H4ClF3INO3. The molecular weight excluding hydrogens is 377 g/mol. The van der Waals surface area contributed by atoms with Gasteiger partial charge >= 0.3 is 6.36 Å². The van der Waals surface area contributed by atoms with Gasteiger partial charge in [-0.1, -0.05) is 0 Å². The van der Waals surface area contributed by atoms with E-state index in [0.717, 1.165) is 6.07 Å².